The third-order valence-electron chi connectivity index (χ3n) is 3.71. The van der Waals surface area contributed by atoms with Crippen LogP contribution in [-0.2, 0) is 11.8 Å². The summed E-state index contributed by atoms with van der Waals surface area (Å²) >= 11 is 12.3. The van der Waals surface area contributed by atoms with E-state index in [4.69, 9.17) is 23.4 Å². The largest absolute Gasteiger partial charge is 0.351 e. The van der Waals surface area contributed by atoms with Gasteiger partial charge in [-0.2, -0.15) is 0 Å². The van der Waals surface area contributed by atoms with Crippen molar-refractivity contribution in [2.45, 2.75) is 6.92 Å². The van der Waals surface area contributed by atoms with Gasteiger partial charge in [0.25, 0.3) is 0 Å². The lowest BCUT2D eigenvalue weighted by atomic mass is 10.2. The number of nitrogens with one attached hydrogen (secondary N) is 1. The first-order chi connectivity index (χ1) is 11.1. The maximum atomic E-state index is 6.18. The molecule has 23 heavy (non-hydrogen) atoms. The summed E-state index contributed by atoms with van der Waals surface area (Å²) in [6, 6.07) is 26.5. The van der Waals surface area contributed by atoms with Crippen molar-refractivity contribution >= 4 is 45.9 Å². The van der Waals surface area contributed by atoms with E-state index in [1.54, 1.807) is 0 Å². The molecule has 0 atom stereocenters. The summed E-state index contributed by atoms with van der Waals surface area (Å²) in [6.45, 7) is 2.05. The average molecular weight is 358 g/mol. The molecule has 0 radical (unpaired) electrons. The zero-order valence-electron chi connectivity index (χ0n) is 12.7. The lowest BCUT2D eigenvalue weighted by Gasteiger charge is -2.26. The first-order valence-corrected chi connectivity index (χ1v) is 10.5. The highest BCUT2D eigenvalue weighted by atomic mass is 35.5. The van der Waals surface area contributed by atoms with Gasteiger partial charge in [0.2, 0.25) is 0 Å². The Kier molecular flexibility index (Phi) is 4.87. The minimum Gasteiger partial charge on any atom is -0.351 e. The number of aryl methyl sites for hydroxylation is 1. The molecule has 3 rings (SSSR count). The van der Waals surface area contributed by atoms with Crippen LogP contribution in [0.3, 0.4) is 0 Å². The predicted octanol–water partition coefficient (Wildman–Crippen LogP) is 5.11. The van der Waals surface area contributed by atoms with Gasteiger partial charge in [0.15, 0.2) is 0 Å². The van der Waals surface area contributed by atoms with Crippen LogP contribution in [0, 0.1) is 6.92 Å². The van der Waals surface area contributed by atoms with Crippen LogP contribution in [-0.4, -0.2) is 0 Å². The smallest absolute Gasteiger partial charge is 0.0903 e. The Morgan fingerprint density at radius 2 is 1.35 bits per heavy atom. The molecule has 3 aromatic rings. The maximum absolute atomic E-state index is 6.18. The highest BCUT2D eigenvalue weighted by Crippen LogP contribution is 2.44. The molecule has 0 saturated heterocycles. The quantitative estimate of drug-likeness (QED) is 0.651. The van der Waals surface area contributed by atoms with Crippen molar-refractivity contribution < 1.29 is 0 Å². The molecular weight excluding hydrogens is 341 g/mol. The topological polar surface area (TPSA) is 12.0 Å². The van der Waals surface area contributed by atoms with Gasteiger partial charge in [0.05, 0.1) is 6.19 Å². The SMILES string of the molecule is Cc1cc(Cl)ccc1NP(=S)(c1ccccc1)c1ccccc1. The predicted molar refractivity (Wildman–Crippen MR) is 106 cm³/mol. The van der Waals surface area contributed by atoms with Crippen molar-refractivity contribution in [1.29, 1.82) is 0 Å². The van der Waals surface area contributed by atoms with Crippen LogP contribution in [0.1, 0.15) is 5.56 Å². The summed E-state index contributed by atoms with van der Waals surface area (Å²) in [5, 5.41) is 6.68. The van der Waals surface area contributed by atoms with E-state index >= 15 is 0 Å². The van der Waals surface area contributed by atoms with Gasteiger partial charge in [-0.25, -0.2) is 0 Å². The molecule has 0 aliphatic rings. The van der Waals surface area contributed by atoms with Gasteiger partial charge < -0.3 is 5.09 Å². The molecule has 0 aliphatic carbocycles. The normalized spacial score (nSPS) is 11.2. The molecule has 0 fully saturated rings. The first kappa shape index (κ1) is 16.3. The molecule has 1 N–H and O–H groups in total. The Balaban J connectivity index is 2.12. The number of rotatable bonds is 4. The second kappa shape index (κ2) is 6.88. The Morgan fingerprint density at radius 1 is 0.826 bits per heavy atom. The fourth-order valence-electron chi connectivity index (χ4n) is 2.48. The number of halogens is 1. The third kappa shape index (κ3) is 3.50. The van der Waals surface area contributed by atoms with Crippen molar-refractivity contribution in [2.75, 3.05) is 5.09 Å². The molecule has 0 bridgehead atoms. The van der Waals surface area contributed by atoms with Crippen molar-refractivity contribution in [3.63, 3.8) is 0 Å². The van der Waals surface area contributed by atoms with Crippen LogP contribution in [0.5, 0.6) is 0 Å². The molecule has 0 saturated carbocycles. The van der Waals surface area contributed by atoms with E-state index in [0.717, 1.165) is 26.9 Å². The summed E-state index contributed by atoms with van der Waals surface area (Å²) in [7, 11) is 0. The van der Waals surface area contributed by atoms with E-state index in [1.807, 2.05) is 61.5 Å². The molecule has 1 nitrogen and oxygen atoms in total. The van der Waals surface area contributed by atoms with Gasteiger partial charge in [-0.15, -0.1) is 0 Å². The van der Waals surface area contributed by atoms with E-state index in [9.17, 15) is 0 Å². The number of benzene rings is 3. The zero-order valence-corrected chi connectivity index (χ0v) is 15.2. The van der Waals surface area contributed by atoms with Crippen LogP contribution in [0.2, 0.25) is 5.02 Å². The highest BCUT2D eigenvalue weighted by molar-refractivity contribution is 8.22. The summed E-state index contributed by atoms with van der Waals surface area (Å²) < 4.78 is 0. The van der Waals surface area contributed by atoms with Crippen LogP contribution >= 0.6 is 17.8 Å². The van der Waals surface area contributed by atoms with E-state index in [-0.39, 0.29) is 0 Å². The lowest BCUT2D eigenvalue weighted by molar-refractivity contribution is 1.47. The number of hydrogen-bond acceptors (Lipinski definition) is 1. The van der Waals surface area contributed by atoms with E-state index < -0.39 is 6.19 Å². The van der Waals surface area contributed by atoms with Gasteiger partial charge in [0.1, 0.15) is 0 Å². The van der Waals surface area contributed by atoms with E-state index in [0.29, 0.717) is 0 Å². The average Bonchev–Trinajstić information content (AvgIpc) is 2.59. The van der Waals surface area contributed by atoms with Crippen molar-refractivity contribution in [2.24, 2.45) is 0 Å². The zero-order chi connectivity index (χ0) is 16.3. The fourth-order valence-corrected chi connectivity index (χ4v) is 6.06. The number of anilines is 1. The Labute approximate surface area is 147 Å². The first-order valence-electron chi connectivity index (χ1n) is 7.35. The summed E-state index contributed by atoms with van der Waals surface area (Å²) in [5.74, 6) is 0. The van der Waals surface area contributed by atoms with E-state index in [2.05, 4.69) is 29.4 Å². The lowest BCUT2D eigenvalue weighted by Crippen LogP contribution is -2.21. The molecule has 4 heteroatoms. The summed E-state index contributed by atoms with van der Waals surface area (Å²) in [5.41, 5.74) is 2.13. The fraction of sp³-hybridized carbons (Fsp3) is 0.0526. The molecule has 116 valence electrons. The van der Waals surface area contributed by atoms with Gasteiger partial charge in [-0.05, 0) is 30.7 Å². The molecule has 0 heterocycles. The van der Waals surface area contributed by atoms with Gasteiger partial charge in [-0.3, -0.25) is 0 Å². The van der Waals surface area contributed by atoms with Crippen molar-refractivity contribution in [1.82, 2.24) is 0 Å². The van der Waals surface area contributed by atoms with Crippen LogP contribution in [0.15, 0.2) is 78.9 Å². The summed E-state index contributed by atoms with van der Waals surface area (Å²) in [6.07, 6.45) is -2.15. The van der Waals surface area contributed by atoms with Crippen molar-refractivity contribution in [3.8, 4) is 0 Å². The molecule has 3 aromatic carbocycles. The Morgan fingerprint density at radius 3 is 1.83 bits per heavy atom. The Hall–Kier alpha value is -1.60. The third-order valence-corrected chi connectivity index (χ3v) is 8.09. The standard InChI is InChI=1S/C19H17ClNPS/c1-15-14-16(20)12-13-19(15)21-22(23,17-8-4-2-5-9-17)18-10-6-3-7-11-18/h2-14H,1H3,(H,21,23). The van der Waals surface area contributed by atoms with Crippen LogP contribution in [0.4, 0.5) is 5.69 Å². The molecule has 0 unspecified atom stereocenters. The van der Waals surface area contributed by atoms with Crippen LogP contribution in [0.25, 0.3) is 0 Å². The monoisotopic (exact) mass is 357 g/mol. The van der Waals surface area contributed by atoms with Crippen LogP contribution < -0.4 is 15.7 Å². The van der Waals surface area contributed by atoms with Gasteiger partial charge in [-0.1, -0.05) is 84.1 Å². The molecule has 0 aliphatic heterocycles. The summed E-state index contributed by atoms with van der Waals surface area (Å²) in [4.78, 5) is 0. The molecular formula is C19H17ClNPS. The van der Waals surface area contributed by atoms with E-state index in [1.165, 1.54) is 0 Å². The molecule has 0 aromatic heterocycles. The highest BCUT2D eigenvalue weighted by Gasteiger charge is 2.22. The minimum atomic E-state index is -2.15. The second-order valence-corrected chi connectivity index (χ2v) is 9.91. The maximum Gasteiger partial charge on any atom is 0.0903 e. The molecule has 0 amide bonds. The minimum absolute atomic E-state index is 0.737. The van der Waals surface area contributed by atoms with Gasteiger partial charge >= 0.3 is 0 Å². The van der Waals surface area contributed by atoms with Crippen molar-refractivity contribution in [3.05, 3.63) is 89.4 Å². The second-order valence-electron chi connectivity index (χ2n) is 5.35. The Bertz CT molecular complexity index is 806. The molecule has 0 spiro atoms. The van der Waals surface area contributed by atoms with Gasteiger partial charge in [0, 0.05) is 21.3 Å². The number of hydrogen-bond donors (Lipinski definition) is 1.